The summed E-state index contributed by atoms with van der Waals surface area (Å²) in [5, 5.41) is 4.90. The second-order valence-corrected chi connectivity index (χ2v) is 10.6. The van der Waals surface area contributed by atoms with Gasteiger partial charge < -0.3 is 0 Å². The van der Waals surface area contributed by atoms with E-state index in [0.29, 0.717) is 15.8 Å². The molecule has 0 aliphatic carbocycles. The number of carbonyl (C=O) groups excluding carboxylic acids is 1. The molecule has 2 heterocycles. The fraction of sp³-hybridized carbons (Fsp3) is 0.269. The van der Waals surface area contributed by atoms with Crippen LogP contribution in [0.4, 0.5) is 0 Å². The van der Waals surface area contributed by atoms with Crippen LogP contribution in [0.15, 0.2) is 70.6 Å². The Morgan fingerprint density at radius 1 is 1.06 bits per heavy atom. The van der Waals surface area contributed by atoms with Gasteiger partial charge in [0.15, 0.2) is 0 Å². The smallest absolute Gasteiger partial charge is 0.266 e. The number of rotatable bonds is 9. The third kappa shape index (κ3) is 5.60. The molecule has 0 unspecified atom stereocenters. The maximum atomic E-state index is 12.9. The Labute approximate surface area is 209 Å². The maximum absolute atomic E-state index is 12.9. The molecule has 1 aromatic heterocycles. The molecule has 0 N–H and O–H groups in total. The monoisotopic (exact) mass is 493 g/mol. The number of amides is 1. The highest BCUT2D eigenvalue weighted by molar-refractivity contribution is 8.26. The van der Waals surface area contributed by atoms with E-state index in [0.717, 1.165) is 34.7 Å². The van der Waals surface area contributed by atoms with E-state index in [1.165, 1.54) is 29.5 Å². The van der Waals surface area contributed by atoms with Gasteiger partial charge in [-0.1, -0.05) is 74.6 Å². The lowest BCUT2D eigenvalue weighted by Gasteiger charge is -2.11. The number of para-hydroxylation sites is 1. The number of hydrogen-bond donors (Lipinski definition) is 0. The average Bonchev–Trinajstić information content (AvgIpc) is 3.37. The van der Waals surface area contributed by atoms with E-state index < -0.39 is 0 Å². The summed E-state index contributed by atoms with van der Waals surface area (Å²) in [5.41, 5.74) is 3.76. The van der Waals surface area contributed by atoms with Gasteiger partial charge >= 0.3 is 0 Å². The van der Waals surface area contributed by atoms with Gasteiger partial charge in [-0.05, 0) is 48.9 Å². The zero-order valence-electron chi connectivity index (χ0n) is 18.9. The average molecular weight is 494 g/mol. The first kappa shape index (κ1) is 23.8. The van der Waals surface area contributed by atoms with Crippen LogP contribution >= 0.6 is 35.7 Å². The molecule has 1 fully saturated rings. The summed E-state index contributed by atoms with van der Waals surface area (Å²) in [6.07, 6.45) is 7.21. The quantitative estimate of drug-likeness (QED) is 0.138. The molecule has 0 radical (unpaired) electrons. The van der Waals surface area contributed by atoms with Crippen LogP contribution < -0.4 is 0 Å². The van der Waals surface area contributed by atoms with Crippen molar-refractivity contribution in [3.05, 3.63) is 71.3 Å². The van der Waals surface area contributed by atoms with Gasteiger partial charge in [-0.15, -0.1) is 11.8 Å². The van der Waals surface area contributed by atoms with Gasteiger partial charge in [0.05, 0.1) is 16.3 Å². The summed E-state index contributed by atoms with van der Waals surface area (Å²) in [6.45, 7) is 4.91. The van der Waals surface area contributed by atoms with Crippen molar-refractivity contribution in [2.24, 2.45) is 0 Å². The van der Waals surface area contributed by atoms with Crippen LogP contribution in [0.3, 0.4) is 0 Å². The highest BCUT2D eigenvalue weighted by Crippen LogP contribution is 2.35. The molecule has 0 atom stereocenters. The topological polar surface area (TPSA) is 38.1 Å². The molecule has 3 aromatic rings. The molecule has 1 aliphatic heterocycles. The van der Waals surface area contributed by atoms with E-state index in [9.17, 15) is 4.79 Å². The van der Waals surface area contributed by atoms with Crippen molar-refractivity contribution in [1.82, 2.24) is 14.7 Å². The Morgan fingerprint density at radius 2 is 1.82 bits per heavy atom. The normalized spacial score (nSPS) is 15.1. The predicted molar refractivity (Wildman–Crippen MR) is 145 cm³/mol. The molecule has 4 rings (SSSR count). The lowest BCUT2D eigenvalue weighted by Crippen LogP contribution is -2.28. The molecule has 33 heavy (non-hydrogen) atoms. The van der Waals surface area contributed by atoms with E-state index in [4.69, 9.17) is 17.3 Å². The van der Waals surface area contributed by atoms with Crippen LogP contribution in [0.1, 0.15) is 38.7 Å². The van der Waals surface area contributed by atoms with Crippen molar-refractivity contribution in [1.29, 1.82) is 0 Å². The molecular weight excluding hydrogens is 467 g/mol. The van der Waals surface area contributed by atoms with E-state index in [1.807, 2.05) is 59.0 Å². The number of unbranched alkanes of at least 4 members (excludes halogenated alkanes) is 1. The predicted octanol–water partition coefficient (Wildman–Crippen LogP) is 7.04. The number of hydrogen-bond acceptors (Lipinski definition) is 5. The minimum atomic E-state index is -0.0204. The van der Waals surface area contributed by atoms with Gasteiger partial charge in [-0.3, -0.25) is 9.69 Å². The Balaban J connectivity index is 1.70. The van der Waals surface area contributed by atoms with Crippen molar-refractivity contribution in [2.45, 2.75) is 38.0 Å². The molecule has 0 spiro atoms. The molecule has 1 amide bonds. The van der Waals surface area contributed by atoms with Crippen LogP contribution in [0.2, 0.25) is 0 Å². The summed E-state index contributed by atoms with van der Waals surface area (Å²) in [6, 6.07) is 18.6. The summed E-state index contributed by atoms with van der Waals surface area (Å²) in [7, 11) is 0. The van der Waals surface area contributed by atoms with Crippen LogP contribution in [0.5, 0.6) is 0 Å². The first-order chi connectivity index (χ1) is 16.1. The first-order valence-corrected chi connectivity index (χ1v) is 13.5. The van der Waals surface area contributed by atoms with Crippen LogP contribution in [-0.4, -0.2) is 37.2 Å². The third-order valence-corrected chi connectivity index (χ3v) is 7.74. The molecule has 2 aromatic carbocycles. The second-order valence-electron chi connectivity index (χ2n) is 7.77. The zero-order valence-corrected chi connectivity index (χ0v) is 21.3. The van der Waals surface area contributed by atoms with Crippen LogP contribution in [0, 0.1) is 0 Å². The molecule has 1 aliphatic rings. The van der Waals surface area contributed by atoms with Crippen molar-refractivity contribution >= 4 is 52.0 Å². The molecule has 0 bridgehead atoms. The maximum Gasteiger partial charge on any atom is 0.266 e. The van der Waals surface area contributed by atoms with Gasteiger partial charge in [-0.2, -0.15) is 5.10 Å². The van der Waals surface area contributed by atoms with Crippen LogP contribution in [0.25, 0.3) is 23.0 Å². The van der Waals surface area contributed by atoms with E-state index in [-0.39, 0.29) is 5.91 Å². The van der Waals surface area contributed by atoms with Gasteiger partial charge in [0.25, 0.3) is 5.91 Å². The van der Waals surface area contributed by atoms with E-state index in [1.54, 1.807) is 4.90 Å². The Kier molecular flexibility index (Phi) is 8.06. The molecule has 4 nitrogen and oxygen atoms in total. The van der Waals surface area contributed by atoms with Crippen LogP contribution in [-0.2, 0) is 4.79 Å². The number of aromatic nitrogens is 2. The van der Waals surface area contributed by atoms with Crippen molar-refractivity contribution < 1.29 is 4.79 Å². The van der Waals surface area contributed by atoms with Gasteiger partial charge in [-0.25, -0.2) is 4.68 Å². The van der Waals surface area contributed by atoms with Gasteiger partial charge in [0.2, 0.25) is 0 Å². The minimum absolute atomic E-state index is 0.0204. The third-order valence-electron chi connectivity index (χ3n) is 5.27. The van der Waals surface area contributed by atoms with Crippen molar-refractivity contribution in [3.63, 3.8) is 0 Å². The standard InChI is InChI=1S/C26H27N3OS3/c1-3-5-16-32-22-13-11-19(12-14-22)24-20(18-29(27-24)21-9-7-6-8-10-21)17-23-25(30)28(15-4-2)26(31)33-23/h6-14,17-18H,3-5,15-16H2,1-2H3/b23-17-. The fourth-order valence-electron chi connectivity index (χ4n) is 3.53. The highest BCUT2D eigenvalue weighted by atomic mass is 32.2. The van der Waals surface area contributed by atoms with E-state index in [2.05, 4.69) is 38.1 Å². The Hall–Kier alpha value is -2.35. The highest BCUT2D eigenvalue weighted by Gasteiger charge is 2.31. The van der Waals surface area contributed by atoms with Crippen molar-refractivity contribution in [2.75, 3.05) is 12.3 Å². The largest absolute Gasteiger partial charge is 0.293 e. The number of benzene rings is 2. The second kappa shape index (κ2) is 11.2. The van der Waals surface area contributed by atoms with E-state index >= 15 is 0 Å². The number of thiocarbonyl (C=S) groups is 1. The Bertz CT molecular complexity index is 1150. The fourth-order valence-corrected chi connectivity index (χ4v) is 5.83. The van der Waals surface area contributed by atoms with Gasteiger partial charge in [0.1, 0.15) is 4.32 Å². The molecule has 7 heteroatoms. The Morgan fingerprint density at radius 3 is 2.52 bits per heavy atom. The summed E-state index contributed by atoms with van der Waals surface area (Å²) < 4.78 is 2.50. The molecule has 1 saturated heterocycles. The summed E-state index contributed by atoms with van der Waals surface area (Å²) in [5.74, 6) is 1.11. The van der Waals surface area contributed by atoms with Gasteiger partial charge in [0, 0.05) is 28.8 Å². The SMILES string of the molecule is CCCCSc1ccc(-c2nn(-c3ccccc3)cc2/C=C2\SC(=S)N(CCC)C2=O)cc1. The lowest BCUT2D eigenvalue weighted by molar-refractivity contribution is -0.122. The molecule has 0 saturated carbocycles. The molecular formula is C26H27N3OS3. The zero-order chi connectivity index (χ0) is 23.2. The summed E-state index contributed by atoms with van der Waals surface area (Å²) in [4.78, 5) is 16.5. The first-order valence-electron chi connectivity index (χ1n) is 11.2. The number of thioether (sulfide) groups is 2. The minimum Gasteiger partial charge on any atom is -0.293 e. The molecule has 170 valence electrons. The lowest BCUT2D eigenvalue weighted by atomic mass is 10.1. The van der Waals surface area contributed by atoms with Crippen molar-refractivity contribution in [3.8, 4) is 16.9 Å². The summed E-state index contributed by atoms with van der Waals surface area (Å²) >= 11 is 8.70. The number of nitrogens with zero attached hydrogens (tertiary/aromatic N) is 3. The number of carbonyl (C=O) groups is 1.